The molecule has 20 heavy (non-hydrogen) atoms. The van der Waals surface area contributed by atoms with E-state index in [1.165, 1.54) is 6.21 Å². The highest BCUT2D eigenvalue weighted by Crippen LogP contribution is 2.23. The summed E-state index contributed by atoms with van der Waals surface area (Å²) in [5.41, 5.74) is 2.94. The number of hydrogen-bond acceptors (Lipinski definition) is 4. The second kappa shape index (κ2) is 6.54. The molecule has 0 spiro atoms. The molecule has 1 fully saturated rings. The van der Waals surface area contributed by atoms with Crippen LogP contribution >= 0.6 is 23.2 Å². The van der Waals surface area contributed by atoms with Crippen molar-refractivity contribution in [2.45, 2.75) is 19.1 Å². The Morgan fingerprint density at radius 3 is 2.60 bits per heavy atom. The monoisotopic (exact) mass is 316 g/mol. The Kier molecular flexibility index (Phi) is 4.99. The first kappa shape index (κ1) is 15.3. The molecule has 1 amide bonds. The van der Waals surface area contributed by atoms with E-state index in [0.717, 1.165) is 0 Å². The van der Waals surface area contributed by atoms with Crippen LogP contribution in [0.1, 0.15) is 18.9 Å². The molecule has 0 bridgehead atoms. The Bertz CT molecular complexity index is 508. The van der Waals surface area contributed by atoms with E-state index in [2.05, 4.69) is 10.5 Å². The second-order valence-electron chi connectivity index (χ2n) is 4.44. The van der Waals surface area contributed by atoms with Gasteiger partial charge in [-0.25, -0.2) is 5.43 Å². The lowest BCUT2D eigenvalue weighted by Crippen LogP contribution is -2.33. The Hall–Kier alpha value is -1.14. The zero-order valence-corrected chi connectivity index (χ0v) is 12.4. The van der Waals surface area contributed by atoms with Gasteiger partial charge < -0.3 is 9.47 Å². The summed E-state index contributed by atoms with van der Waals surface area (Å²) < 4.78 is 10.7. The Morgan fingerprint density at radius 1 is 1.40 bits per heavy atom. The number of nitrogens with zero attached hydrogens (tertiary/aromatic N) is 1. The zero-order valence-electron chi connectivity index (χ0n) is 10.9. The molecule has 1 saturated heterocycles. The number of rotatable bonds is 4. The van der Waals surface area contributed by atoms with Crippen LogP contribution < -0.4 is 5.43 Å². The van der Waals surface area contributed by atoms with Gasteiger partial charge >= 0.3 is 0 Å². The van der Waals surface area contributed by atoms with E-state index in [1.807, 2.05) is 0 Å². The summed E-state index contributed by atoms with van der Waals surface area (Å²) in [6.45, 7) is 2.69. The van der Waals surface area contributed by atoms with Gasteiger partial charge in [-0.2, -0.15) is 5.10 Å². The Morgan fingerprint density at radius 2 is 2.00 bits per heavy atom. The molecule has 1 aromatic rings. The highest BCUT2D eigenvalue weighted by Gasteiger charge is 2.33. The number of amides is 1. The van der Waals surface area contributed by atoms with E-state index in [4.69, 9.17) is 32.7 Å². The van der Waals surface area contributed by atoms with Gasteiger partial charge in [0, 0.05) is 5.56 Å². The van der Waals surface area contributed by atoms with Gasteiger partial charge in [-0.05, 0) is 19.1 Å². The van der Waals surface area contributed by atoms with Crippen LogP contribution in [0.25, 0.3) is 0 Å². The van der Waals surface area contributed by atoms with Gasteiger partial charge in [0.2, 0.25) is 5.91 Å². The van der Waals surface area contributed by atoms with Crippen molar-refractivity contribution in [2.24, 2.45) is 5.10 Å². The molecule has 0 saturated carbocycles. The molecule has 1 heterocycles. The van der Waals surface area contributed by atoms with Gasteiger partial charge in [-0.15, -0.1) is 0 Å². The largest absolute Gasteiger partial charge is 0.347 e. The van der Waals surface area contributed by atoms with Gasteiger partial charge in [-0.3, -0.25) is 4.79 Å². The number of carbonyl (C=O) groups excluding carboxylic acids is 1. The van der Waals surface area contributed by atoms with E-state index < -0.39 is 5.79 Å². The standard InChI is InChI=1S/C13H14Cl2N2O3/c1-13(19-5-6-20-13)7-12(18)17-16-8-9-10(14)3-2-4-11(9)15/h2-4,8H,5-7H2,1H3,(H,17,18)/b16-8-. The van der Waals surface area contributed by atoms with Crippen molar-refractivity contribution < 1.29 is 14.3 Å². The van der Waals surface area contributed by atoms with Crippen LogP contribution in [0, 0.1) is 0 Å². The molecule has 0 radical (unpaired) electrons. The molecule has 1 aromatic carbocycles. The smallest absolute Gasteiger partial charge is 0.245 e. The van der Waals surface area contributed by atoms with Gasteiger partial charge in [0.25, 0.3) is 0 Å². The topological polar surface area (TPSA) is 59.9 Å². The van der Waals surface area contributed by atoms with Crippen molar-refractivity contribution in [2.75, 3.05) is 13.2 Å². The van der Waals surface area contributed by atoms with Crippen LogP contribution in [0.4, 0.5) is 0 Å². The number of hydrogen-bond donors (Lipinski definition) is 1. The Labute approximate surface area is 126 Å². The highest BCUT2D eigenvalue weighted by atomic mass is 35.5. The number of halogens is 2. The third-order valence-corrected chi connectivity index (χ3v) is 3.42. The van der Waals surface area contributed by atoms with Crippen LogP contribution in [0.15, 0.2) is 23.3 Å². The summed E-state index contributed by atoms with van der Waals surface area (Å²) in [5.74, 6) is -1.18. The van der Waals surface area contributed by atoms with Gasteiger partial charge in [0.15, 0.2) is 5.79 Å². The average Bonchev–Trinajstić information content (AvgIpc) is 2.79. The van der Waals surface area contributed by atoms with Crippen molar-refractivity contribution in [3.63, 3.8) is 0 Å². The first-order valence-corrected chi connectivity index (χ1v) is 6.80. The molecule has 0 unspecified atom stereocenters. The lowest BCUT2D eigenvalue weighted by molar-refractivity contribution is -0.159. The maximum absolute atomic E-state index is 11.7. The number of carbonyl (C=O) groups is 1. The Balaban J connectivity index is 1.91. The maximum Gasteiger partial charge on any atom is 0.245 e. The summed E-state index contributed by atoms with van der Waals surface area (Å²) >= 11 is 12.0. The predicted octanol–water partition coefficient (Wildman–Crippen LogP) is 2.60. The van der Waals surface area contributed by atoms with Crippen molar-refractivity contribution in [3.8, 4) is 0 Å². The molecule has 108 valence electrons. The summed E-state index contributed by atoms with van der Waals surface area (Å²) in [7, 11) is 0. The summed E-state index contributed by atoms with van der Waals surface area (Å²) in [5, 5.41) is 4.76. The van der Waals surface area contributed by atoms with Crippen LogP contribution in [-0.4, -0.2) is 31.1 Å². The van der Waals surface area contributed by atoms with E-state index in [0.29, 0.717) is 28.8 Å². The molecule has 2 rings (SSSR count). The van der Waals surface area contributed by atoms with Crippen LogP contribution in [0.3, 0.4) is 0 Å². The maximum atomic E-state index is 11.7. The van der Waals surface area contributed by atoms with Crippen molar-refractivity contribution in [1.29, 1.82) is 0 Å². The highest BCUT2D eigenvalue weighted by molar-refractivity contribution is 6.38. The summed E-state index contributed by atoms with van der Waals surface area (Å²) in [6, 6.07) is 5.12. The molecule has 1 aliphatic heterocycles. The minimum absolute atomic E-state index is 0.0700. The normalized spacial score (nSPS) is 17.6. The average molecular weight is 317 g/mol. The van der Waals surface area contributed by atoms with E-state index in [1.54, 1.807) is 25.1 Å². The fraction of sp³-hybridized carbons (Fsp3) is 0.385. The number of benzene rings is 1. The summed E-state index contributed by atoms with van der Waals surface area (Å²) in [6.07, 6.45) is 1.47. The molecule has 1 N–H and O–H groups in total. The minimum Gasteiger partial charge on any atom is -0.347 e. The minimum atomic E-state index is -0.873. The molecule has 7 heteroatoms. The van der Waals surface area contributed by atoms with Gasteiger partial charge in [0.05, 0.1) is 35.9 Å². The van der Waals surface area contributed by atoms with E-state index in [-0.39, 0.29) is 12.3 Å². The van der Waals surface area contributed by atoms with Crippen molar-refractivity contribution >= 4 is 35.3 Å². The fourth-order valence-corrected chi connectivity index (χ4v) is 2.29. The predicted molar refractivity (Wildman–Crippen MR) is 77.1 cm³/mol. The van der Waals surface area contributed by atoms with Crippen LogP contribution in [-0.2, 0) is 14.3 Å². The number of hydrazone groups is 1. The third-order valence-electron chi connectivity index (χ3n) is 2.76. The molecular formula is C13H14Cl2N2O3. The summed E-state index contributed by atoms with van der Waals surface area (Å²) in [4.78, 5) is 11.7. The van der Waals surface area contributed by atoms with E-state index in [9.17, 15) is 4.79 Å². The lowest BCUT2D eigenvalue weighted by atomic mass is 10.2. The first-order valence-electron chi connectivity index (χ1n) is 6.04. The quantitative estimate of drug-likeness (QED) is 0.686. The molecule has 0 atom stereocenters. The molecule has 0 aromatic heterocycles. The molecule has 0 aliphatic carbocycles. The molecular weight excluding hydrogens is 303 g/mol. The van der Waals surface area contributed by atoms with Gasteiger partial charge in [-0.1, -0.05) is 29.3 Å². The fourth-order valence-electron chi connectivity index (χ4n) is 1.79. The lowest BCUT2D eigenvalue weighted by Gasteiger charge is -2.20. The van der Waals surface area contributed by atoms with Gasteiger partial charge in [0.1, 0.15) is 0 Å². The molecule has 1 aliphatic rings. The second-order valence-corrected chi connectivity index (χ2v) is 5.25. The number of ether oxygens (including phenoxy) is 2. The van der Waals surface area contributed by atoms with Crippen LogP contribution in [0.5, 0.6) is 0 Å². The van der Waals surface area contributed by atoms with Crippen molar-refractivity contribution in [1.82, 2.24) is 5.43 Å². The third kappa shape index (κ3) is 3.93. The first-order chi connectivity index (χ1) is 9.50. The number of nitrogens with one attached hydrogen (secondary N) is 1. The van der Waals surface area contributed by atoms with Crippen molar-refractivity contribution in [3.05, 3.63) is 33.8 Å². The SMILES string of the molecule is CC1(CC(=O)N/N=C\c2c(Cl)cccc2Cl)OCCO1. The van der Waals surface area contributed by atoms with Crippen LogP contribution in [0.2, 0.25) is 10.0 Å². The molecule has 5 nitrogen and oxygen atoms in total. The van der Waals surface area contributed by atoms with E-state index >= 15 is 0 Å². The zero-order chi connectivity index (χ0) is 14.6.